The van der Waals surface area contributed by atoms with Gasteiger partial charge in [0.1, 0.15) is 0 Å². The summed E-state index contributed by atoms with van der Waals surface area (Å²) in [4.78, 5) is 24.1. The summed E-state index contributed by atoms with van der Waals surface area (Å²) in [6.45, 7) is -0.0706. The van der Waals surface area contributed by atoms with Crippen molar-refractivity contribution in [3.05, 3.63) is 22.7 Å². The summed E-state index contributed by atoms with van der Waals surface area (Å²) >= 11 is 3.12. The molecule has 1 atom stereocenters. The monoisotopic (exact) mass is 366 g/mol. The van der Waals surface area contributed by atoms with E-state index in [1.54, 1.807) is 0 Å². The number of primary amides is 1. The molecule has 0 radical (unpaired) electrons. The summed E-state index contributed by atoms with van der Waals surface area (Å²) < 4.78 is 41.6. The molecule has 0 aromatic heterocycles. The number of benzene rings is 1. The zero-order chi connectivity index (χ0) is 15.8. The first-order valence-corrected chi connectivity index (χ1v) is 6.61. The molecule has 1 aliphatic heterocycles. The van der Waals surface area contributed by atoms with E-state index >= 15 is 0 Å². The highest BCUT2D eigenvalue weighted by Gasteiger charge is 2.38. The maximum absolute atomic E-state index is 12.4. The Kier molecular flexibility index (Phi) is 4.13. The number of anilines is 1. The first kappa shape index (κ1) is 15.6. The Labute approximate surface area is 126 Å². The number of hydrogen-bond donors (Lipinski definition) is 1. The van der Waals surface area contributed by atoms with Gasteiger partial charge in [0.15, 0.2) is 5.75 Å². The molecule has 0 aliphatic carbocycles. The number of carbonyl (C=O) groups is 2. The Morgan fingerprint density at radius 2 is 2.10 bits per heavy atom. The van der Waals surface area contributed by atoms with Crippen LogP contribution in [0.15, 0.2) is 22.7 Å². The van der Waals surface area contributed by atoms with E-state index < -0.39 is 29.8 Å². The molecule has 1 aliphatic rings. The fourth-order valence-corrected chi connectivity index (χ4v) is 2.39. The third-order valence-electron chi connectivity index (χ3n) is 2.96. The summed E-state index contributed by atoms with van der Waals surface area (Å²) in [5.41, 5.74) is 5.07. The van der Waals surface area contributed by atoms with Gasteiger partial charge in [0.2, 0.25) is 11.8 Å². The molecular weight excluding hydrogens is 357 g/mol. The number of carbonyl (C=O) groups excluding carboxylic acids is 2. The molecule has 0 saturated carbocycles. The lowest BCUT2D eigenvalue weighted by Gasteiger charge is -2.21. The van der Waals surface area contributed by atoms with Gasteiger partial charge in [0, 0.05) is 17.4 Å². The van der Waals surface area contributed by atoms with Crippen molar-refractivity contribution in [2.45, 2.75) is 12.8 Å². The summed E-state index contributed by atoms with van der Waals surface area (Å²) in [6.07, 6.45) is -5.01. The third-order valence-corrected chi connectivity index (χ3v) is 3.46. The lowest BCUT2D eigenvalue weighted by molar-refractivity contribution is -0.274. The van der Waals surface area contributed by atoms with Crippen LogP contribution in [0.5, 0.6) is 5.75 Å². The molecule has 1 heterocycles. The van der Waals surface area contributed by atoms with Gasteiger partial charge in [-0.05, 0) is 18.2 Å². The van der Waals surface area contributed by atoms with E-state index in [0.29, 0.717) is 4.47 Å². The largest absolute Gasteiger partial charge is 0.573 e. The van der Waals surface area contributed by atoms with Crippen LogP contribution in [0.4, 0.5) is 18.9 Å². The Bertz CT molecular complexity index is 592. The van der Waals surface area contributed by atoms with E-state index in [-0.39, 0.29) is 18.7 Å². The Balaban J connectivity index is 2.36. The minimum Gasteiger partial charge on any atom is -0.404 e. The van der Waals surface area contributed by atoms with Gasteiger partial charge in [0.05, 0.1) is 11.6 Å². The maximum Gasteiger partial charge on any atom is 0.573 e. The molecule has 9 heteroatoms. The summed E-state index contributed by atoms with van der Waals surface area (Å²) in [5.74, 6) is -2.39. The van der Waals surface area contributed by atoms with Crippen molar-refractivity contribution < 1.29 is 27.5 Å². The Morgan fingerprint density at radius 3 is 2.62 bits per heavy atom. The van der Waals surface area contributed by atoms with Gasteiger partial charge in [-0.3, -0.25) is 9.59 Å². The van der Waals surface area contributed by atoms with E-state index in [0.717, 1.165) is 11.0 Å². The van der Waals surface area contributed by atoms with Crippen LogP contribution in [0.25, 0.3) is 0 Å². The van der Waals surface area contributed by atoms with E-state index in [1.165, 1.54) is 12.1 Å². The Hall–Kier alpha value is -1.77. The van der Waals surface area contributed by atoms with Crippen LogP contribution in [-0.4, -0.2) is 24.7 Å². The topological polar surface area (TPSA) is 72.6 Å². The summed E-state index contributed by atoms with van der Waals surface area (Å²) in [7, 11) is 0. The number of alkyl halides is 3. The molecule has 1 unspecified atom stereocenters. The Morgan fingerprint density at radius 1 is 1.43 bits per heavy atom. The normalized spacial score (nSPS) is 19.0. The van der Waals surface area contributed by atoms with Crippen molar-refractivity contribution in [3.63, 3.8) is 0 Å². The minimum atomic E-state index is -4.88. The molecule has 0 spiro atoms. The van der Waals surface area contributed by atoms with E-state index in [1.807, 2.05) is 0 Å². The van der Waals surface area contributed by atoms with E-state index in [9.17, 15) is 22.8 Å². The quantitative estimate of drug-likeness (QED) is 0.890. The number of ether oxygens (including phenoxy) is 1. The molecule has 2 rings (SSSR count). The molecule has 114 valence electrons. The van der Waals surface area contributed by atoms with Gasteiger partial charge >= 0.3 is 6.36 Å². The van der Waals surface area contributed by atoms with Gasteiger partial charge in [-0.25, -0.2) is 0 Å². The van der Waals surface area contributed by atoms with Gasteiger partial charge in [-0.15, -0.1) is 13.2 Å². The molecule has 5 nitrogen and oxygen atoms in total. The van der Waals surface area contributed by atoms with Crippen molar-refractivity contribution in [1.29, 1.82) is 0 Å². The predicted molar refractivity (Wildman–Crippen MR) is 70.5 cm³/mol. The highest BCUT2D eigenvalue weighted by molar-refractivity contribution is 9.10. The lowest BCUT2D eigenvalue weighted by Crippen LogP contribution is -2.29. The van der Waals surface area contributed by atoms with Crippen LogP contribution < -0.4 is 15.4 Å². The number of nitrogens with zero attached hydrogens (tertiary/aromatic N) is 1. The van der Waals surface area contributed by atoms with Crippen LogP contribution in [0.3, 0.4) is 0 Å². The molecule has 1 aromatic carbocycles. The summed E-state index contributed by atoms with van der Waals surface area (Å²) in [5, 5.41) is 0. The van der Waals surface area contributed by atoms with Crippen molar-refractivity contribution in [3.8, 4) is 5.75 Å². The third kappa shape index (κ3) is 3.66. The van der Waals surface area contributed by atoms with Crippen molar-refractivity contribution in [2.24, 2.45) is 11.7 Å². The minimum absolute atomic E-state index is 0.0598. The number of nitrogens with two attached hydrogens (primary N) is 1. The molecule has 21 heavy (non-hydrogen) atoms. The SMILES string of the molecule is NC(=O)C1CC(=O)N(c2cc(Br)ccc2OC(F)(F)F)C1. The van der Waals surface area contributed by atoms with Crippen LogP contribution in [0, 0.1) is 5.92 Å². The standard InChI is InChI=1S/C12H10BrF3N2O3/c13-7-1-2-9(21-12(14,15)16)8(4-7)18-5-6(11(17)20)3-10(18)19/h1-2,4,6H,3,5H2,(H2,17,20). The molecule has 1 saturated heterocycles. The fraction of sp³-hybridized carbons (Fsp3) is 0.333. The van der Waals surface area contributed by atoms with Crippen molar-refractivity contribution in [1.82, 2.24) is 0 Å². The zero-order valence-corrected chi connectivity index (χ0v) is 12.1. The second-order valence-corrected chi connectivity index (χ2v) is 5.38. The second-order valence-electron chi connectivity index (χ2n) is 4.47. The van der Waals surface area contributed by atoms with Gasteiger partial charge in [0.25, 0.3) is 0 Å². The molecule has 1 aromatic rings. The summed E-state index contributed by atoms with van der Waals surface area (Å²) in [6, 6.07) is 3.77. The predicted octanol–water partition coefficient (Wildman–Crippen LogP) is 2.19. The molecule has 0 bridgehead atoms. The molecule has 2 N–H and O–H groups in total. The van der Waals surface area contributed by atoms with Crippen LogP contribution >= 0.6 is 15.9 Å². The first-order valence-electron chi connectivity index (χ1n) is 5.82. The highest BCUT2D eigenvalue weighted by Crippen LogP contribution is 2.37. The number of halogens is 4. The second kappa shape index (κ2) is 5.55. The first-order chi connectivity index (χ1) is 9.67. The highest BCUT2D eigenvalue weighted by atomic mass is 79.9. The fourth-order valence-electron chi connectivity index (χ4n) is 2.04. The van der Waals surface area contributed by atoms with Gasteiger partial charge < -0.3 is 15.4 Å². The smallest absolute Gasteiger partial charge is 0.404 e. The molecule has 1 fully saturated rings. The average molecular weight is 367 g/mol. The van der Waals surface area contributed by atoms with Gasteiger partial charge in [-0.1, -0.05) is 15.9 Å². The number of hydrogen-bond acceptors (Lipinski definition) is 3. The van der Waals surface area contributed by atoms with Crippen LogP contribution in [-0.2, 0) is 9.59 Å². The molecular formula is C12H10BrF3N2O3. The van der Waals surface area contributed by atoms with E-state index in [2.05, 4.69) is 20.7 Å². The number of amides is 2. The van der Waals surface area contributed by atoms with Crippen molar-refractivity contribution >= 4 is 33.4 Å². The lowest BCUT2D eigenvalue weighted by atomic mass is 10.1. The van der Waals surface area contributed by atoms with E-state index in [4.69, 9.17) is 5.73 Å². The van der Waals surface area contributed by atoms with Crippen LogP contribution in [0.2, 0.25) is 0 Å². The average Bonchev–Trinajstić information content (AvgIpc) is 2.72. The van der Waals surface area contributed by atoms with Crippen molar-refractivity contribution in [2.75, 3.05) is 11.4 Å². The van der Waals surface area contributed by atoms with Crippen LogP contribution in [0.1, 0.15) is 6.42 Å². The zero-order valence-electron chi connectivity index (χ0n) is 10.5. The molecule has 2 amide bonds. The maximum atomic E-state index is 12.4. The van der Waals surface area contributed by atoms with Gasteiger partial charge in [-0.2, -0.15) is 0 Å². The number of rotatable bonds is 3.